The van der Waals surface area contributed by atoms with Gasteiger partial charge in [-0.05, 0) is 31.2 Å². The number of fused-ring (bicyclic) bond motifs is 1. The van der Waals surface area contributed by atoms with Crippen LogP contribution in [0.15, 0.2) is 54.9 Å². The molecule has 3 aromatic heterocycles. The standard InChI is InChI=1S/C20H16ClN3O2S/c1-11(14-4-2-3-5-15(14)21)26-16-9-17(27-18(16)19(22)25)13-8-12-6-7-23-20(12)24-10-13/h2-11H,1H3,(H2,22,25)(H,23,24). The van der Waals surface area contributed by atoms with Gasteiger partial charge in [0.1, 0.15) is 22.4 Å². The molecule has 1 unspecified atom stereocenters. The zero-order valence-electron chi connectivity index (χ0n) is 14.4. The van der Waals surface area contributed by atoms with Gasteiger partial charge in [-0.2, -0.15) is 0 Å². The zero-order valence-corrected chi connectivity index (χ0v) is 16.0. The number of pyridine rings is 1. The molecule has 0 saturated heterocycles. The van der Waals surface area contributed by atoms with Crippen LogP contribution in [0.3, 0.4) is 0 Å². The zero-order chi connectivity index (χ0) is 19.0. The highest BCUT2D eigenvalue weighted by molar-refractivity contribution is 7.17. The van der Waals surface area contributed by atoms with Crippen molar-refractivity contribution in [2.45, 2.75) is 13.0 Å². The van der Waals surface area contributed by atoms with Crippen LogP contribution in [-0.4, -0.2) is 15.9 Å². The largest absolute Gasteiger partial charge is 0.484 e. The second kappa shape index (κ2) is 7.06. The van der Waals surface area contributed by atoms with E-state index < -0.39 is 5.91 Å². The lowest BCUT2D eigenvalue weighted by Gasteiger charge is -2.16. The number of carbonyl (C=O) groups excluding carboxylic acids is 1. The van der Waals surface area contributed by atoms with Crippen molar-refractivity contribution in [2.75, 3.05) is 0 Å². The monoisotopic (exact) mass is 397 g/mol. The van der Waals surface area contributed by atoms with Gasteiger partial charge in [0.25, 0.3) is 5.91 Å². The van der Waals surface area contributed by atoms with Crippen molar-refractivity contribution in [2.24, 2.45) is 5.73 Å². The molecule has 0 fully saturated rings. The van der Waals surface area contributed by atoms with E-state index >= 15 is 0 Å². The maximum absolute atomic E-state index is 11.9. The SMILES string of the molecule is CC(Oc1cc(-c2cnc3[nH]ccc3c2)sc1C(N)=O)c1ccccc1Cl. The summed E-state index contributed by atoms with van der Waals surface area (Å²) < 4.78 is 6.05. The number of H-pyrrole nitrogens is 1. The van der Waals surface area contributed by atoms with Gasteiger partial charge >= 0.3 is 0 Å². The molecule has 0 aliphatic rings. The summed E-state index contributed by atoms with van der Waals surface area (Å²) in [6, 6.07) is 13.2. The lowest BCUT2D eigenvalue weighted by Crippen LogP contribution is -2.12. The van der Waals surface area contributed by atoms with Crippen molar-refractivity contribution in [1.29, 1.82) is 0 Å². The number of nitrogens with one attached hydrogen (secondary N) is 1. The Hall–Kier alpha value is -2.83. The molecule has 1 atom stereocenters. The van der Waals surface area contributed by atoms with Gasteiger partial charge in [-0.1, -0.05) is 29.8 Å². The molecular formula is C20H16ClN3O2S. The third kappa shape index (κ3) is 3.41. The van der Waals surface area contributed by atoms with Crippen LogP contribution in [0.4, 0.5) is 0 Å². The number of aromatic amines is 1. The number of rotatable bonds is 5. The minimum Gasteiger partial charge on any atom is -0.484 e. The first-order chi connectivity index (χ1) is 13.0. The number of benzene rings is 1. The molecule has 1 amide bonds. The number of nitrogens with zero attached hydrogens (tertiary/aromatic N) is 1. The number of nitrogens with two attached hydrogens (primary N) is 1. The highest BCUT2D eigenvalue weighted by Crippen LogP contribution is 2.39. The fraction of sp³-hybridized carbons (Fsp3) is 0.100. The van der Waals surface area contributed by atoms with Crippen LogP contribution in [0.2, 0.25) is 5.02 Å². The van der Waals surface area contributed by atoms with Gasteiger partial charge in [0, 0.05) is 38.8 Å². The molecule has 0 aliphatic carbocycles. The second-order valence-electron chi connectivity index (χ2n) is 6.09. The number of halogens is 1. The summed E-state index contributed by atoms with van der Waals surface area (Å²) in [4.78, 5) is 20.6. The minimum absolute atomic E-state index is 0.329. The molecule has 4 aromatic rings. The fourth-order valence-corrected chi connectivity index (χ4v) is 4.12. The third-order valence-electron chi connectivity index (χ3n) is 4.25. The summed E-state index contributed by atoms with van der Waals surface area (Å²) in [5.74, 6) is -0.0765. The van der Waals surface area contributed by atoms with Crippen LogP contribution >= 0.6 is 22.9 Å². The highest BCUT2D eigenvalue weighted by atomic mass is 35.5. The average Bonchev–Trinajstić information content (AvgIpc) is 3.28. The van der Waals surface area contributed by atoms with Gasteiger partial charge in [0.2, 0.25) is 0 Å². The van der Waals surface area contributed by atoms with E-state index in [1.807, 2.05) is 55.6 Å². The summed E-state index contributed by atoms with van der Waals surface area (Å²) >= 11 is 7.54. The van der Waals surface area contributed by atoms with E-state index in [2.05, 4.69) is 9.97 Å². The van der Waals surface area contributed by atoms with Crippen LogP contribution in [0.5, 0.6) is 5.75 Å². The Morgan fingerprint density at radius 2 is 2.11 bits per heavy atom. The molecule has 27 heavy (non-hydrogen) atoms. The van der Waals surface area contributed by atoms with E-state index in [0.29, 0.717) is 15.6 Å². The van der Waals surface area contributed by atoms with Gasteiger partial charge in [-0.3, -0.25) is 4.79 Å². The Morgan fingerprint density at radius 1 is 1.30 bits per heavy atom. The summed E-state index contributed by atoms with van der Waals surface area (Å²) in [6.45, 7) is 1.89. The first-order valence-corrected chi connectivity index (χ1v) is 9.50. The van der Waals surface area contributed by atoms with Crippen molar-refractivity contribution < 1.29 is 9.53 Å². The van der Waals surface area contributed by atoms with E-state index in [0.717, 1.165) is 27.0 Å². The molecule has 3 N–H and O–H groups in total. The Balaban J connectivity index is 1.70. The molecule has 0 aliphatic heterocycles. The topological polar surface area (TPSA) is 81.0 Å². The number of hydrogen-bond acceptors (Lipinski definition) is 4. The quantitative estimate of drug-likeness (QED) is 0.486. The Bertz CT molecular complexity index is 1140. The predicted molar refractivity (Wildman–Crippen MR) is 108 cm³/mol. The number of ether oxygens (including phenoxy) is 1. The number of hydrogen-bond donors (Lipinski definition) is 2. The van der Waals surface area contributed by atoms with E-state index in [-0.39, 0.29) is 6.10 Å². The normalized spacial score (nSPS) is 12.2. The molecule has 7 heteroatoms. The van der Waals surface area contributed by atoms with Crippen molar-refractivity contribution in [3.8, 4) is 16.2 Å². The smallest absolute Gasteiger partial charge is 0.262 e. The maximum Gasteiger partial charge on any atom is 0.262 e. The Kier molecular flexibility index (Phi) is 4.59. The van der Waals surface area contributed by atoms with Gasteiger partial charge in [-0.15, -0.1) is 11.3 Å². The molecule has 0 radical (unpaired) electrons. The molecule has 4 rings (SSSR count). The lowest BCUT2D eigenvalue weighted by atomic mass is 10.1. The molecule has 0 bridgehead atoms. The van der Waals surface area contributed by atoms with E-state index in [9.17, 15) is 4.79 Å². The number of aromatic nitrogens is 2. The molecule has 0 spiro atoms. The van der Waals surface area contributed by atoms with Crippen LogP contribution in [0, 0.1) is 0 Å². The van der Waals surface area contributed by atoms with Crippen LogP contribution < -0.4 is 10.5 Å². The summed E-state index contributed by atoms with van der Waals surface area (Å²) in [7, 11) is 0. The lowest BCUT2D eigenvalue weighted by molar-refractivity contribution is 0.0998. The van der Waals surface area contributed by atoms with Crippen molar-refractivity contribution in [1.82, 2.24) is 9.97 Å². The second-order valence-corrected chi connectivity index (χ2v) is 7.55. The average molecular weight is 398 g/mol. The van der Waals surface area contributed by atoms with Gasteiger partial charge in [-0.25, -0.2) is 4.98 Å². The molecule has 5 nitrogen and oxygen atoms in total. The number of carbonyl (C=O) groups is 1. The van der Waals surface area contributed by atoms with Crippen LogP contribution in [0.25, 0.3) is 21.5 Å². The fourth-order valence-electron chi connectivity index (χ4n) is 2.91. The minimum atomic E-state index is -0.525. The molecular weight excluding hydrogens is 382 g/mol. The van der Waals surface area contributed by atoms with Gasteiger partial charge in [0.15, 0.2) is 0 Å². The van der Waals surface area contributed by atoms with Crippen molar-refractivity contribution in [3.63, 3.8) is 0 Å². The summed E-state index contributed by atoms with van der Waals surface area (Å²) in [6.07, 6.45) is 3.27. The van der Waals surface area contributed by atoms with Crippen molar-refractivity contribution in [3.05, 3.63) is 70.3 Å². The first-order valence-electron chi connectivity index (χ1n) is 8.31. The number of thiophene rings is 1. The molecule has 136 valence electrons. The van der Waals surface area contributed by atoms with Crippen molar-refractivity contribution >= 4 is 39.9 Å². The van der Waals surface area contributed by atoms with Gasteiger partial charge < -0.3 is 15.5 Å². The summed E-state index contributed by atoms with van der Waals surface area (Å²) in [5, 5.41) is 1.61. The molecule has 0 saturated carbocycles. The molecule has 1 aromatic carbocycles. The Morgan fingerprint density at radius 3 is 2.89 bits per heavy atom. The Labute approximate surface area is 164 Å². The summed E-state index contributed by atoms with van der Waals surface area (Å²) in [5.41, 5.74) is 8.13. The van der Waals surface area contributed by atoms with Crippen LogP contribution in [0.1, 0.15) is 28.3 Å². The predicted octanol–water partition coefficient (Wildman–Crippen LogP) is 5.18. The van der Waals surface area contributed by atoms with E-state index in [4.69, 9.17) is 22.1 Å². The van der Waals surface area contributed by atoms with E-state index in [1.165, 1.54) is 11.3 Å². The highest BCUT2D eigenvalue weighted by Gasteiger charge is 2.20. The number of amides is 1. The third-order valence-corrected chi connectivity index (χ3v) is 5.78. The maximum atomic E-state index is 11.9. The van der Waals surface area contributed by atoms with Gasteiger partial charge in [0.05, 0.1) is 0 Å². The molecule has 3 heterocycles. The van der Waals surface area contributed by atoms with Crippen LogP contribution in [-0.2, 0) is 0 Å². The van der Waals surface area contributed by atoms with E-state index in [1.54, 1.807) is 6.20 Å². The number of primary amides is 1. The first kappa shape index (κ1) is 17.6.